The van der Waals surface area contributed by atoms with Crippen LogP contribution in [0.2, 0.25) is 0 Å². The van der Waals surface area contributed by atoms with Gasteiger partial charge >= 0.3 is 0 Å². The van der Waals surface area contributed by atoms with Crippen LogP contribution in [0.5, 0.6) is 5.75 Å². The number of para-hydroxylation sites is 1. The molecule has 122 valence electrons. The minimum atomic E-state index is 0.0765. The summed E-state index contributed by atoms with van der Waals surface area (Å²) in [5.74, 6) is 1.24. The number of fused-ring (bicyclic) bond motifs is 1. The van der Waals surface area contributed by atoms with Gasteiger partial charge in [-0.3, -0.25) is 0 Å². The topological polar surface area (TPSA) is 60.0 Å². The lowest BCUT2D eigenvalue weighted by Gasteiger charge is -2.18. The standard InChI is InChI=1S/C20H15N3OS/c1-23(2)20-10-9-16(25-20)8-7-15-11-18(14(12-21)13-22)17-5-3-4-6-19(17)24-15/h3-11H,1-2H3/b8-7+. The minimum absolute atomic E-state index is 0.0765. The van der Waals surface area contributed by atoms with E-state index in [0.29, 0.717) is 17.1 Å². The Morgan fingerprint density at radius 2 is 1.84 bits per heavy atom. The smallest absolute Gasteiger partial charge is 0.137 e. The Hall–Kier alpha value is -3.28. The lowest BCUT2D eigenvalue weighted by molar-refractivity contribution is 0.439. The van der Waals surface area contributed by atoms with Crippen molar-refractivity contribution in [1.82, 2.24) is 0 Å². The number of thiophene rings is 1. The van der Waals surface area contributed by atoms with Crippen LogP contribution in [-0.2, 0) is 0 Å². The minimum Gasteiger partial charge on any atom is -0.457 e. The van der Waals surface area contributed by atoms with Crippen LogP contribution in [0, 0.1) is 22.7 Å². The molecule has 0 bridgehead atoms. The van der Waals surface area contributed by atoms with Crippen LogP contribution in [0.15, 0.2) is 59.9 Å². The van der Waals surface area contributed by atoms with Crippen molar-refractivity contribution in [3.8, 4) is 17.9 Å². The molecule has 2 aromatic rings. The third-order valence-electron chi connectivity index (χ3n) is 3.65. The number of anilines is 1. The molecule has 0 saturated carbocycles. The van der Waals surface area contributed by atoms with Gasteiger partial charge in [-0.25, -0.2) is 0 Å². The van der Waals surface area contributed by atoms with Gasteiger partial charge in [-0.1, -0.05) is 18.2 Å². The largest absolute Gasteiger partial charge is 0.457 e. The van der Waals surface area contributed by atoms with E-state index >= 15 is 0 Å². The average molecular weight is 345 g/mol. The zero-order valence-electron chi connectivity index (χ0n) is 13.9. The molecule has 2 heterocycles. The van der Waals surface area contributed by atoms with E-state index in [4.69, 9.17) is 4.74 Å². The maximum Gasteiger partial charge on any atom is 0.137 e. The van der Waals surface area contributed by atoms with Crippen LogP contribution in [0.4, 0.5) is 5.00 Å². The molecule has 3 rings (SSSR count). The predicted molar refractivity (Wildman–Crippen MR) is 101 cm³/mol. The van der Waals surface area contributed by atoms with Crippen LogP contribution in [0.3, 0.4) is 0 Å². The van der Waals surface area contributed by atoms with Crippen molar-refractivity contribution < 1.29 is 4.74 Å². The lowest BCUT2D eigenvalue weighted by Crippen LogP contribution is -2.05. The molecule has 0 atom stereocenters. The summed E-state index contributed by atoms with van der Waals surface area (Å²) in [5.41, 5.74) is 1.42. The molecule has 25 heavy (non-hydrogen) atoms. The SMILES string of the molecule is CN(C)c1ccc(/C=C/C2=CC(=C(C#N)C#N)c3ccccc3O2)s1. The Morgan fingerprint density at radius 3 is 2.52 bits per heavy atom. The molecule has 0 fully saturated rings. The number of hydrogen-bond acceptors (Lipinski definition) is 5. The van der Waals surface area contributed by atoms with Gasteiger partial charge in [-0.05, 0) is 36.4 Å². The third-order valence-corrected chi connectivity index (χ3v) is 4.87. The summed E-state index contributed by atoms with van der Waals surface area (Å²) in [4.78, 5) is 3.15. The summed E-state index contributed by atoms with van der Waals surface area (Å²) in [6, 6.07) is 15.4. The van der Waals surface area contributed by atoms with Crippen molar-refractivity contribution in [1.29, 1.82) is 10.5 Å². The molecule has 1 aromatic carbocycles. The van der Waals surface area contributed by atoms with Gasteiger partial charge in [0.05, 0.1) is 5.00 Å². The highest BCUT2D eigenvalue weighted by molar-refractivity contribution is 7.16. The number of ether oxygens (including phenoxy) is 1. The second-order valence-electron chi connectivity index (χ2n) is 5.56. The molecule has 0 amide bonds. The van der Waals surface area contributed by atoms with Gasteiger partial charge < -0.3 is 9.64 Å². The number of allylic oxidation sites excluding steroid dienone is 4. The molecule has 0 unspecified atom stereocenters. The van der Waals surface area contributed by atoms with Gasteiger partial charge in [0.2, 0.25) is 0 Å². The van der Waals surface area contributed by atoms with E-state index in [2.05, 4.69) is 11.0 Å². The molecular formula is C20H15N3OS. The molecule has 1 aliphatic rings. The first-order chi connectivity index (χ1) is 12.1. The Labute approximate surface area is 150 Å². The predicted octanol–water partition coefficient (Wildman–Crippen LogP) is 4.60. The highest BCUT2D eigenvalue weighted by atomic mass is 32.1. The summed E-state index contributed by atoms with van der Waals surface area (Å²) >= 11 is 1.67. The first kappa shape index (κ1) is 16.6. The highest BCUT2D eigenvalue weighted by Gasteiger charge is 2.18. The van der Waals surface area contributed by atoms with Gasteiger partial charge in [0, 0.05) is 30.1 Å². The first-order valence-corrected chi connectivity index (χ1v) is 8.42. The monoisotopic (exact) mass is 345 g/mol. The van der Waals surface area contributed by atoms with Crippen molar-refractivity contribution >= 4 is 28.0 Å². The summed E-state index contributed by atoms with van der Waals surface area (Å²) in [6.45, 7) is 0. The first-order valence-electron chi connectivity index (χ1n) is 7.61. The van der Waals surface area contributed by atoms with Crippen molar-refractivity contribution in [2.45, 2.75) is 0 Å². The summed E-state index contributed by atoms with van der Waals surface area (Å²) in [6.07, 6.45) is 5.56. The van der Waals surface area contributed by atoms with Crippen molar-refractivity contribution in [2.24, 2.45) is 0 Å². The zero-order chi connectivity index (χ0) is 17.8. The van der Waals surface area contributed by atoms with Crippen LogP contribution in [-0.4, -0.2) is 14.1 Å². The van der Waals surface area contributed by atoms with E-state index in [0.717, 1.165) is 10.4 Å². The Bertz CT molecular complexity index is 965. The van der Waals surface area contributed by atoms with E-state index in [9.17, 15) is 10.5 Å². The van der Waals surface area contributed by atoms with E-state index in [-0.39, 0.29) is 5.57 Å². The summed E-state index contributed by atoms with van der Waals surface area (Å²) in [5, 5.41) is 19.6. The maximum atomic E-state index is 9.23. The fourth-order valence-electron chi connectivity index (χ4n) is 2.43. The van der Waals surface area contributed by atoms with Crippen LogP contribution in [0.1, 0.15) is 10.4 Å². The third kappa shape index (κ3) is 3.47. The van der Waals surface area contributed by atoms with E-state index < -0.39 is 0 Å². The Morgan fingerprint density at radius 1 is 1.08 bits per heavy atom. The van der Waals surface area contributed by atoms with Gasteiger partial charge in [-0.15, -0.1) is 11.3 Å². The van der Waals surface area contributed by atoms with Gasteiger partial charge in [-0.2, -0.15) is 10.5 Å². The number of nitriles is 2. The van der Waals surface area contributed by atoms with Crippen LogP contribution in [0.25, 0.3) is 11.6 Å². The lowest BCUT2D eigenvalue weighted by atomic mass is 9.97. The molecular weight excluding hydrogens is 330 g/mol. The van der Waals surface area contributed by atoms with E-state index in [1.807, 2.05) is 68.7 Å². The van der Waals surface area contributed by atoms with E-state index in [1.165, 1.54) is 5.00 Å². The molecule has 0 N–H and O–H groups in total. The van der Waals surface area contributed by atoms with Gasteiger partial charge in [0.15, 0.2) is 0 Å². The number of nitrogens with zero attached hydrogens (tertiary/aromatic N) is 3. The second kappa shape index (κ2) is 7.09. The number of benzene rings is 1. The molecule has 5 heteroatoms. The fourth-order valence-corrected chi connectivity index (χ4v) is 3.26. The number of rotatable bonds is 3. The van der Waals surface area contributed by atoms with E-state index in [1.54, 1.807) is 17.4 Å². The molecule has 4 nitrogen and oxygen atoms in total. The molecule has 0 spiro atoms. The molecule has 0 saturated heterocycles. The molecule has 0 radical (unpaired) electrons. The highest BCUT2D eigenvalue weighted by Crippen LogP contribution is 2.36. The van der Waals surface area contributed by atoms with Crippen LogP contribution >= 0.6 is 11.3 Å². The van der Waals surface area contributed by atoms with Crippen LogP contribution < -0.4 is 9.64 Å². The quantitative estimate of drug-likeness (QED) is 0.763. The maximum absolute atomic E-state index is 9.23. The molecule has 1 aromatic heterocycles. The second-order valence-corrected chi connectivity index (χ2v) is 6.65. The Balaban J connectivity index is 1.97. The normalized spacial score (nSPS) is 12.6. The summed E-state index contributed by atoms with van der Waals surface area (Å²) in [7, 11) is 4.01. The van der Waals surface area contributed by atoms with Crippen molar-refractivity contribution in [3.05, 3.63) is 70.3 Å². The Kier molecular flexibility index (Phi) is 4.70. The van der Waals surface area contributed by atoms with Crippen molar-refractivity contribution in [2.75, 3.05) is 19.0 Å². The molecule has 0 aliphatic carbocycles. The van der Waals surface area contributed by atoms with Gasteiger partial charge in [0.1, 0.15) is 29.2 Å². The number of hydrogen-bond donors (Lipinski definition) is 0. The zero-order valence-corrected chi connectivity index (χ0v) is 14.7. The van der Waals surface area contributed by atoms with Crippen molar-refractivity contribution in [3.63, 3.8) is 0 Å². The molecule has 1 aliphatic heterocycles. The summed E-state index contributed by atoms with van der Waals surface area (Å²) < 4.78 is 5.89. The fraction of sp³-hybridized carbons (Fsp3) is 0.100. The average Bonchev–Trinajstić information content (AvgIpc) is 3.10. The van der Waals surface area contributed by atoms with Gasteiger partial charge in [0.25, 0.3) is 0 Å².